The number of nitrogens with one attached hydrogen (secondary N) is 1. The minimum Gasteiger partial charge on any atom is -0.467 e. The second-order valence-electron chi connectivity index (χ2n) is 8.04. The number of ether oxygens (including phenoxy) is 1. The number of rotatable bonds is 10. The molecule has 0 spiro atoms. The van der Waals surface area contributed by atoms with Crippen LogP contribution in [0.25, 0.3) is 22.0 Å². The molecular formula is C24H29N5O4S. The van der Waals surface area contributed by atoms with Gasteiger partial charge in [-0.1, -0.05) is 0 Å². The van der Waals surface area contributed by atoms with Gasteiger partial charge in [0.1, 0.15) is 11.0 Å². The zero-order chi connectivity index (χ0) is 24.8. The monoisotopic (exact) mass is 483 g/mol. The summed E-state index contributed by atoms with van der Waals surface area (Å²) in [7, 11) is 1.30. The third-order valence-corrected chi connectivity index (χ3v) is 6.44. The SMILES string of the molecule is COC(=O)C(CCCCn1c(-c2csc(-c3ccc(C)nc3)n2)cc(C(N)=O)c1C)NC(C)=O. The molecule has 0 aliphatic heterocycles. The van der Waals surface area contributed by atoms with Crippen LogP contribution in [0.2, 0.25) is 0 Å². The Labute approximate surface area is 202 Å². The van der Waals surface area contributed by atoms with Gasteiger partial charge in [0.25, 0.3) is 5.91 Å². The van der Waals surface area contributed by atoms with Gasteiger partial charge in [-0.3, -0.25) is 14.6 Å². The van der Waals surface area contributed by atoms with E-state index in [0.717, 1.165) is 33.3 Å². The van der Waals surface area contributed by atoms with Gasteiger partial charge in [-0.25, -0.2) is 9.78 Å². The summed E-state index contributed by atoms with van der Waals surface area (Å²) in [6.07, 6.45) is 3.63. The van der Waals surface area contributed by atoms with E-state index in [9.17, 15) is 14.4 Å². The van der Waals surface area contributed by atoms with E-state index >= 15 is 0 Å². The van der Waals surface area contributed by atoms with Crippen LogP contribution in [-0.2, 0) is 20.9 Å². The molecule has 10 heteroatoms. The Hall–Kier alpha value is -3.53. The van der Waals surface area contributed by atoms with E-state index in [1.807, 2.05) is 35.9 Å². The molecule has 0 aliphatic carbocycles. The number of carbonyl (C=O) groups is 3. The van der Waals surface area contributed by atoms with E-state index in [0.29, 0.717) is 31.4 Å². The normalized spacial score (nSPS) is 11.8. The highest BCUT2D eigenvalue weighted by atomic mass is 32.1. The van der Waals surface area contributed by atoms with Crippen LogP contribution in [-0.4, -0.2) is 45.5 Å². The maximum atomic E-state index is 12.0. The predicted octanol–water partition coefficient (Wildman–Crippen LogP) is 3.24. The molecule has 3 aromatic rings. The van der Waals surface area contributed by atoms with Crippen LogP contribution in [0.5, 0.6) is 0 Å². The molecule has 0 aliphatic rings. The van der Waals surface area contributed by atoms with Gasteiger partial charge in [0, 0.05) is 42.0 Å². The fourth-order valence-electron chi connectivity index (χ4n) is 3.77. The molecule has 0 bridgehead atoms. The van der Waals surface area contributed by atoms with E-state index in [1.54, 1.807) is 12.3 Å². The minimum atomic E-state index is -0.682. The third kappa shape index (κ3) is 5.88. The number of unbranched alkanes of at least 4 members (excludes halogenated alkanes) is 1. The Bertz CT molecular complexity index is 1180. The smallest absolute Gasteiger partial charge is 0.328 e. The number of aryl methyl sites for hydroxylation is 1. The largest absolute Gasteiger partial charge is 0.467 e. The lowest BCUT2D eigenvalue weighted by Gasteiger charge is -2.16. The van der Waals surface area contributed by atoms with Gasteiger partial charge >= 0.3 is 5.97 Å². The van der Waals surface area contributed by atoms with E-state index in [4.69, 9.17) is 15.5 Å². The van der Waals surface area contributed by atoms with Crippen LogP contribution < -0.4 is 11.1 Å². The molecular weight excluding hydrogens is 454 g/mol. The molecule has 34 heavy (non-hydrogen) atoms. The summed E-state index contributed by atoms with van der Waals surface area (Å²) in [5, 5.41) is 5.41. The quantitative estimate of drug-likeness (QED) is 0.336. The Morgan fingerprint density at radius 3 is 2.62 bits per heavy atom. The van der Waals surface area contributed by atoms with Gasteiger partial charge in [-0.2, -0.15) is 0 Å². The fourth-order valence-corrected chi connectivity index (χ4v) is 4.57. The summed E-state index contributed by atoms with van der Waals surface area (Å²) in [5.41, 5.74) is 10.2. The summed E-state index contributed by atoms with van der Waals surface area (Å²) < 4.78 is 6.80. The van der Waals surface area contributed by atoms with Crippen LogP contribution in [0.4, 0.5) is 0 Å². The van der Waals surface area contributed by atoms with Crippen molar-refractivity contribution in [1.82, 2.24) is 19.9 Å². The molecule has 2 amide bonds. The molecule has 3 aromatic heterocycles. The molecule has 1 unspecified atom stereocenters. The number of amides is 2. The number of thiazole rings is 1. The highest BCUT2D eigenvalue weighted by molar-refractivity contribution is 7.13. The van der Waals surface area contributed by atoms with Crippen molar-refractivity contribution in [3.63, 3.8) is 0 Å². The Morgan fingerprint density at radius 1 is 1.24 bits per heavy atom. The molecule has 3 rings (SSSR count). The van der Waals surface area contributed by atoms with Gasteiger partial charge < -0.3 is 20.4 Å². The number of hydrogen-bond acceptors (Lipinski definition) is 7. The molecule has 0 saturated carbocycles. The van der Waals surface area contributed by atoms with Crippen molar-refractivity contribution >= 4 is 29.1 Å². The first-order valence-electron chi connectivity index (χ1n) is 10.9. The van der Waals surface area contributed by atoms with E-state index in [2.05, 4.69) is 10.3 Å². The van der Waals surface area contributed by atoms with Crippen molar-refractivity contribution in [3.05, 3.63) is 46.7 Å². The Kier molecular flexibility index (Phi) is 8.17. The number of hydrogen-bond donors (Lipinski definition) is 2. The lowest BCUT2D eigenvalue weighted by Crippen LogP contribution is -2.40. The lowest BCUT2D eigenvalue weighted by molar-refractivity contribution is -0.145. The van der Waals surface area contributed by atoms with Gasteiger partial charge in [-0.05, 0) is 51.3 Å². The van der Waals surface area contributed by atoms with E-state index in [1.165, 1.54) is 25.4 Å². The number of methoxy groups -OCH3 is 1. The Balaban J connectivity index is 1.79. The summed E-state index contributed by atoms with van der Waals surface area (Å²) in [6.45, 7) is 5.75. The van der Waals surface area contributed by atoms with Crippen LogP contribution in [0, 0.1) is 13.8 Å². The molecule has 9 nitrogen and oxygen atoms in total. The number of carbonyl (C=O) groups excluding carboxylic acids is 3. The predicted molar refractivity (Wildman–Crippen MR) is 130 cm³/mol. The fraction of sp³-hybridized carbons (Fsp3) is 0.375. The van der Waals surface area contributed by atoms with Crippen molar-refractivity contribution in [1.29, 1.82) is 0 Å². The number of nitrogens with two attached hydrogens (primary N) is 1. The number of esters is 1. The van der Waals surface area contributed by atoms with Crippen molar-refractivity contribution in [3.8, 4) is 22.0 Å². The highest BCUT2D eigenvalue weighted by Gasteiger charge is 2.21. The number of nitrogens with zero attached hydrogens (tertiary/aromatic N) is 3. The van der Waals surface area contributed by atoms with Crippen molar-refractivity contribution in [2.24, 2.45) is 5.73 Å². The third-order valence-electron chi connectivity index (χ3n) is 5.54. The first-order valence-corrected chi connectivity index (χ1v) is 11.8. The van der Waals surface area contributed by atoms with Crippen LogP contribution in [0.3, 0.4) is 0 Å². The second-order valence-corrected chi connectivity index (χ2v) is 8.90. The number of pyridine rings is 1. The van der Waals surface area contributed by atoms with Gasteiger partial charge in [0.2, 0.25) is 5.91 Å². The van der Waals surface area contributed by atoms with Crippen LogP contribution in [0.15, 0.2) is 29.8 Å². The molecule has 0 saturated heterocycles. The summed E-state index contributed by atoms with van der Waals surface area (Å²) in [6, 6.07) is 5.02. The minimum absolute atomic E-state index is 0.284. The standard InChI is InChI=1S/C24H29N5O4S/c1-14-8-9-17(12-26-14)23-28-20(13-34-23)21-11-18(22(25)31)15(2)29(21)10-6-5-7-19(24(32)33-4)27-16(3)30/h8-9,11-13,19H,5-7,10H2,1-4H3,(H2,25,31)(H,27,30). The van der Waals surface area contributed by atoms with Crippen molar-refractivity contribution < 1.29 is 19.1 Å². The highest BCUT2D eigenvalue weighted by Crippen LogP contribution is 2.31. The number of primary amides is 1. The van der Waals surface area contributed by atoms with Crippen molar-refractivity contribution in [2.75, 3.05) is 7.11 Å². The first-order chi connectivity index (χ1) is 16.2. The topological polar surface area (TPSA) is 129 Å². The van der Waals surface area contributed by atoms with E-state index < -0.39 is 17.9 Å². The average Bonchev–Trinajstić information content (AvgIpc) is 3.40. The molecule has 1 atom stereocenters. The van der Waals surface area contributed by atoms with Crippen molar-refractivity contribution in [2.45, 2.75) is 52.6 Å². The summed E-state index contributed by atoms with van der Waals surface area (Å²) in [5.74, 6) is -1.25. The first kappa shape index (κ1) is 25.1. The number of aromatic nitrogens is 3. The van der Waals surface area contributed by atoms with Gasteiger partial charge in [0.15, 0.2) is 0 Å². The van der Waals surface area contributed by atoms with Gasteiger partial charge in [-0.15, -0.1) is 11.3 Å². The molecule has 0 fully saturated rings. The maximum Gasteiger partial charge on any atom is 0.328 e. The molecule has 180 valence electrons. The molecule has 3 N–H and O–H groups in total. The summed E-state index contributed by atoms with van der Waals surface area (Å²) in [4.78, 5) is 44.4. The summed E-state index contributed by atoms with van der Waals surface area (Å²) >= 11 is 1.51. The van der Waals surface area contributed by atoms with Crippen LogP contribution >= 0.6 is 11.3 Å². The Morgan fingerprint density at radius 2 is 2.00 bits per heavy atom. The van der Waals surface area contributed by atoms with Crippen LogP contribution in [0.1, 0.15) is 47.9 Å². The van der Waals surface area contributed by atoms with Gasteiger partial charge in [0.05, 0.1) is 24.1 Å². The molecule has 0 radical (unpaired) electrons. The molecule has 0 aromatic carbocycles. The molecule has 3 heterocycles. The lowest BCUT2D eigenvalue weighted by atomic mass is 10.1. The average molecular weight is 484 g/mol. The second kappa shape index (κ2) is 11.1. The maximum absolute atomic E-state index is 12.0. The zero-order valence-electron chi connectivity index (χ0n) is 19.8. The van der Waals surface area contributed by atoms with E-state index in [-0.39, 0.29) is 5.91 Å². The zero-order valence-corrected chi connectivity index (χ0v) is 20.6.